The van der Waals surface area contributed by atoms with E-state index in [0.717, 1.165) is 18.6 Å². The van der Waals surface area contributed by atoms with Gasteiger partial charge in [0.05, 0.1) is 18.5 Å². The molecule has 1 heterocycles. The van der Waals surface area contributed by atoms with Crippen molar-refractivity contribution in [3.63, 3.8) is 0 Å². The molecule has 0 aliphatic heterocycles. The predicted octanol–water partition coefficient (Wildman–Crippen LogP) is 3.79. The highest BCUT2D eigenvalue weighted by Gasteiger charge is 2.33. The van der Waals surface area contributed by atoms with Crippen molar-refractivity contribution >= 4 is 11.5 Å². The maximum Gasteiger partial charge on any atom is 0.161 e. The van der Waals surface area contributed by atoms with Crippen LogP contribution in [-0.2, 0) is 6.54 Å². The first-order valence-corrected chi connectivity index (χ1v) is 6.75. The average molecular weight is 273 g/mol. The molecule has 104 valence electrons. The number of halogens is 1. The summed E-state index contributed by atoms with van der Waals surface area (Å²) in [5.74, 6) is 0.301. The van der Waals surface area contributed by atoms with Crippen LogP contribution in [0, 0.1) is 5.82 Å². The number of furan rings is 1. The molecule has 0 unspecified atom stereocenters. The fourth-order valence-electron chi connectivity index (χ4n) is 2.44. The molecule has 1 aliphatic carbocycles. The fourth-order valence-corrected chi connectivity index (χ4v) is 2.44. The lowest BCUT2D eigenvalue weighted by molar-refractivity contribution is 0.101. The van der Waals surface area contributed by atoms with Crippen molar-refractivity contribution < 1.29 is 13.6 Å². The second-order valence-corrected chi connectivity index (χ2v) is 5.13. The lowest BCUT2D eigenvalue weighted by atomic mass is 10.1. The first kappa shape index (κ1) is 12.9. The van der Waals surface area contributed by atoms with Crippen molar-refractivity contribution in [1.82, 2.24) is 0 Å². The third-order valence-corrected chi connectivity index (χ3v) is 3.55. The van der Waals surface area contributed by atoms with E-state index in [-0.39, 0.29) is 17.6 Å². The summed E-state index contributed by atoms with van der Waals surface area (Å²) in [5, 5.41) is 0. The standard InChI is InChI=1S/C16H16FNO2/c1-11(19)14-5-2-6-15(17)16(14)18(12-7-8-12)10-13-4-3-9-20-13/h2-6,9,12H,7-8,10H2,1H3. The Morgan fingerprint density at radius 2 is 2.15 bits per heavy atom. The maximum atomic E-state index is 14.3. The Hall–Kier alpha value is -2.10. The highest BCUT2D eigenvalue weighted by atomic mass is 19.1. The molecule has 0 spiro atoms. The largest absolute Gasteiger partial charge is 0.467 e. The quantitative estimate of drug-likeness (QED) is 0.777. The minimum Gasteiger partial charge on any atom is -0.467 e. The Kier molecular flexibility index (Phi) is 3.30. The van der Waals surface area contributed by atoms with Gasteiger partial charge in [-0.3, -0.25) is 4.79 Å². The molecule has 1 aromatic heterocycles. The van der Waals surface area contributed by atoms with Crippen LogP contribution in [0.5, 0.6) is 0 Å². The minimum atomic E-state index is -0.351. The molecule has 1 saturated carbocycles. The van der Waals surface area contributed by atoms with Crippen LogP contribution in [0.3, 0.4) is 0 Å². The van der Waals surface area contributed by atoms with Gasteiger partial charge >= 0.3 is 0 Å². The van der Waals surface area contributed by atoms with Crippen LogP contribution < -0.4 is 4.90 Å². The summed E-state index contributed by atoms with van der Waals surface area (Å²) >= 11 is 0. The molecule has 0 N–H and O–H groups in total. The van der Waals surface area contributed by atoms with Gasteiger partial charge in [0.25, 0.3) is 0 Å². The van der Waals surface area contributed by atoms with Gasteiger partial charge in [0.1, 0.15) is 11.6 Å². The Morgan fingerprint density at radius 3 is 2.75 bits per heavy atom. The van der Waals surface area contributed by atoms with Crippen LogP contribution in [0.25, 0.3) is 0 Å². The second kappa shape index (κ2) is 5.12. The molecular formula is C16H16FNO2. The van der Waals surface area contributed by atoms with Gasteiger partial charge in [0, 0.05) is 11.6 Å². The summed E-state index contributed by atoms with van der Waals surface area (Å²) in [5.41, 5.74) is 0.836. The normalized spacial score (nSPS) is 14.3. The van der Waals surface area contributed by atoms with Crippen LogP contribution in [-0.4, -0.2) is 11.8 Å². The van der Waals surface area contributed by atoms with Gasteiger partial charge in [0.15, 0.2) is 5.78 Å². The molecule has 3 nitrogen and oxygen atoms in total. The number of anilines is 1. The van der Waals surface area contributed by atoms with E-state index in [9.17, 15) is 9.18 Å². The number of Topliss-reactive ketones (excluding diaryl/α,β-unsaturated/α-hetero) is 1. The second-order valence-electron chi connectivity index (χ2n) is 5.13. The van der Waals surface area contributed by atoms with Crippen molar-refractivity contribution in [2.45, 2.75) is 32.4 Å². The molecule has 2 aromatic rings. The monoisotopic (exact) mass is 273 g/mol. The first-order chi connectivity index (χ1) is 9.66. The highest BCUT2D eigenvalue weighted by molar-refractivity contribution is 6.00. The Balaban J connectivity index is 2.01. The van der Waals surface area contributed by atoms with E-state index in [0.29, 0.717) is 17.8 Å². The van der Waals surface area contributed by atoms with E-state index in [1.165, 1.54) is 13.0 Å². The van der Waals surface area contributed by atoms with E-state index < -0.39 is 0 Å². The molecule has 1 fully saturated rings. The minimum absolute atomic E-state index is 0.121. The van der Waals surface area contributed by atoms with E-state index in [1.807, 2.05) is 17.0 Å². The summed E-state index contributed by atoms with van der Waals surface area (Å²) in [7, 11) is 0. The maximum absolute atomic E-state index is 14.3. The number of nitrogens with zero attached hydrogens (tertiary/aromatic N) is 1. The van der Waals surface area contributed by atoms with Gasteiger partial charge < -0.3 is 9.32 Å². The summed E-state index contributed by atoms with van der Waals surface area (Å²) < 4.78 is 19.6. The van der Waals surface area contributed by atoms with Crippen LogP contribution in [0.15, 0.2) is 41.0 Å². The smallest absolute Gasteiger partial charge is 0.161 e. The number of benzene rings is 1. The van der Waals surface area contributed by atoms with Gasteiger partial charge in [-0.1, -0.05) is 6.07 Å². The molecule has 3 rings (SSSR count). The molecule has 0 atom stereocenters. The Morgan fingerprint density at radius 1 is 1.35 bits per heavy atom. The van der Waals surface area contributed by atoms with Crippen LogP contribution in [0.1, 0.15) is 35.9 Å². The number of hydrogen-bond acceptors (Lipinski definition) is 3. The molecule has 1 aromatic carbocycles. The predicted molar refractivity (Wildman–Crippen MR) is 74.3 cm³/mol. The number of para-hydroxylation sites is 1. The third-order valence-electron chi connectivity index (χ3n) is 3.55. The van der Waals surface area contributed by atoms with Gasteiger partial charge in [-0.15, -0.1) is 0 Å². The topological polar surface area (TPSA) is 33.5 Å². The molecule has 0 radical (unpaired) electrons. The molecule has 0 amide bonds. The molecule has 4 heteroatoms. The number of hydrogen-bond donors (Lipinski definition) is 0. The van der Waals surface area contributed by atoms with Gasteiger partial charge in [-0.25, -0.2) is 4.39 Å². The zero-order chi connectivity index (χ0) is 14.1. The SMILES string of the molecule is CC(=O)c1cccc(F)c1N(Cc1ccco1)C1CC1. The Labute approximate surface area is 117 Å². The van der Waals surface area contributed by atoms with Crippen molar-refractivity contribution in [3.05, 3.63) is 53.7 Å². The third kappa shape index (κ3) is 2.46. The molecule has 20 heavy (non-hydrogen) atoms. The van der Waals surface area contributed by atoms with Crippen LogP contribution in [0.2, 0.25) is 0 Å². The van der Waals surface area contributed by atoms with Gasteiger partial charge in [-0.2, -0.15) is 0 Å². The lowest BCUT2D eigenvalue weighted by Crippen LogP contribution is -2.27. The van der Waals surface area contributed by atoms with E-state index in [1.54, 1.807) is 18.4 Å². The zero-order valence-electron chi connectivity index (χ0n) is 11.3. The van der Waals surface area contributed by atoms with Gasteiger partial charge in [0.2, 0.25) is 0 Å². The lowest BCUT2D eigenvalue weighted by Gasteiger charge is -2.26. The van der Waals surface area contributed by atoms with Crippen molar-refractivity contribution in [2.24, 2.45) is 0 Å². The zero-order valence-corrected chi connectivity index (χ0v) is 11.3. The number of rotatable bonds is 5. The first-order valence-electron chi connectivity index (χ1n) is 6.75. The molecule has 0 saturated heterocycles. The van der Waals surface area contributed by atoms with E-state index in [4.69, 9.17) is 4.42 Å². The van der Waals surface area contributed by atoms with Crippen LogP contribution >= 0.6 is 0 Å². The summed E-state index contributed by atoms with van der Waals surface area (Å²) in [6, 6.07) is 8.62. The summed E-state index contributed by atoms with van der Waals surface area (Å²) in [6.07, 6.45) is 3.65. The number of ketones is 1. The highest BCUT2D eigenvalue weighted by Crippen LogP contribution is 2.36. The van der Waals surface area contributed by atoms with Crippen molar-refractivity contribution in [1.29, 1.82) is 0 Å². The number of carbonyl (C=O) groups is 1. The molecule has 1 aliphatic rings. The van der Waals surface area contributed by atoms with E-state index in [2.05, 4.69) is 0 Å². The fraction of sp³-hybridized carbons (Fsp3) is 0.312. The van der Waals surface area contributed by atoms with E-state index >= 15 is 0 Å². The number of carbonyl (C=O) groups excluding carboxylic acids is 1. The summed E-state index contributed by atoms with van der Waals surface area (Å²) in [6.45, 7) is 1.95. The van der Waals surface area contributed by atoms with Gasteiger partial charge in [-0.05, 0) is 44.0 Å². The Bertz CT molecular complexity index is 617. The van der Waals surface area contributed by atoms with Crippen molar-refractivity contribution in [2.75, 3.05) is 4.90 Å². The average Bonchev–Trinajstić information content (AvgIpc) is 3.13. The molecular weight excluding hydrogens is 257 g/mol. The van der Waals surface area contributed by atoms with Crippen LogP contribution in [0.4, 0.5) is 10.1 Å². The van der Waals surface area contributed by atoms with Crippen molar-refractivity contribution in [3.8, 4) is 0 Å². The summed E-state index contributed by atoms with van der Waals surface area (Å²) in [4.78, 5) is 13.7. The molecule has 0 bridgehead atoms.